The minimum Gasteiger partial charge on any atom is -0.397 e. The lowest BCUT2D eigenvalue weighted by Crippen LogP contribution is -2.26. The van der Waals surface area contributed by atoms with Crippen molar-refractivity contribution in [2.45, 2.75) is 163 Å². The average molecular weight is 1120 g/mol. The lowest BCUT2D eigenvalue weighted by Gasteiger charge is -2.22. The van der Waals surface area contributed by atoms with Gasteiger partial charge >= 0.3 is 0 Å². The first-order valence-corrected chi connectivity index (χ1v) is 29.6. The van der Waals surface area contributed by atoms with Crippen molar-refractivity contribution >= 4 is 39.2 Å². The minimum atomic E-state index is -0.114. The molecule has 2 amide bonds. The second kappa shape index (κ2) is 26.6. The molecule has 2 aromatic heterocycles. The van der Waals surface area contributed by atoms with Crippen LogP contribution < -0.4 is 10.6 Å². The molecule has 11 heteroatoms. The summed E-state index contributed by atoms with van der Waals surface area (Å²) in [6.45, 7) is 30.7. The Bertz CT molecular complexity index is 3560. The molecule has 2 unspecified atom stereocenters. The highest BCUT2D eigenvalue weighted by molar-refractivity contribution is 6.00. The number of fused-ring (bicyclic) bond motifs is 2. The maximum atomic E-state index is 13.3. The first-order chi connectivity index (χ1) is 39.7. The molecule has 0 spiro atoms. The van der Waals surface area contributed by atoms with Crippen LogP contribution >= 0.6 is 0 Å². The van der Waals surface area contributed by atoms with Crippen LogP contribution in [0.4, 0.5) is 0 Å². The van der Waals surface area contributed by atoms with Crippen molar-refractivity contribution in [1.29, 1.82) is 0 Å². The third-order valence-corrected chi connectivity index (χ3v) is 17.8. The Kier molecular flexibility index (Phi) is 19.9. The van der Waals surface area contributed by atoms with Gasteiger partial charge in [-0.3, -0.25) is 9.59 Å². The molecule has 0 radical (unpaired) electrons. The van der Waals surface area contributed by atoms with Gasteiger partial charge in [-0.1, -0.05) is 117 Å². The van der Waals surface area contributed by atoms with Gasteiger partial charge in [0, 0.05) is 74.8 Å². The van der Waals surface area contributed by atoms with E-state index in [0.29, 0.717) is 17.0 Å². The summed E-state index contributed by atoms with van der Waals surface area (Å²) in [4.78, 5) is 47.3. The normalized spacial score (nSPS) is 15.3. The van der Waals surface area contributed by atoms with Crippen molar-refractivity contribution in [3.63, 3.8) is 0 Å². The first kappa shape index (κ1) is 61.9. The van der Waals surface area contributed by atoms with Gasteiger partial charge in [0.25, 0.3) is 11.8 Å². The number of benzene rings is 6. The van der Waals surface area contributed by atoms with E-state index in [4.69, 9.17) is 24.7 Å². The van der Waals surface area contributed by atoms with E-state index in [1.54, 1.807) is 21.1 Å². The van der Waals surface area contributed by atoms with Gasteiger partial charge in [-0.15, -0.1) is 0 Å². The number of aromatic nitrogens is 2. The molecule has 0 bridgehead atoms. The van der Waals surface area contributed by atoms with Gasteiger partial charge in [-0.2, -0.15) is 0 Å². The number of rotatable bonds is 20. The highest BCUT2D eigenvalue weighted by Gasteiger charge is 2.51. The number of amides is 2. The van der Waals surface area contributed by atoms with Gasteiger partial charge in [-0.05, 0) is 199 Å². The average Bonchev–Trinajstić information content (AvgIpc) is 4.40. The molecular formula is C72H88N4O7. The summed E-state index contributed by atoms with van der Waals surface area (Å²) in [5.74, 6) is 0.328. The molecule has 2 heterocycles. The number of allylic oxidation sites excluding steroid dienone is 1. The monoisotopic (exact) mass is 1120 g/mol. The number of nitrogens with zero attached hydrogens (tertiary/aromatic N) is 2. The second-order valence-electron chi connectivity index (χ2n) is 23.5. The number of aryl methyl sites for hydroxylation is 2. The molecule has 2 fully saturated rings. The minimum absolute atomic E-state index is 0.0255. The molecule has 2 saturated carbocycles. The molecule has 8 aromatic rings. The summed E-state index contributed by atoms with van der Waals surface area (Å²) in [5.41, 5.74) is 19.3. The molecule has 11 nitrogen and oxygen atoms in total. The topological polar surface area (TPSA) is 125 Å². The van der Waals surface area contributed by atoms with Crippen molar-refractivity contribution in [2.24, 2.45) is 0 Å². The number of carbonyl (C=O) groups is 2. The van der Waals surface area contributed by atoms with Crippen LogP contribution in [-0.4, -0.2) is 59.1 Å². The zero-order chi connectivity index (χ0) is 59.9. The fourth-order valence-corrected chi connectivity index (χ4v) is 11.8. The predicted octanol–water partition coefficient (Wildman–Crippen LogP) is 15.7. The third-order valence-electron chi connectivity index (χ3n) is 17.8. The Morgan fingerprint density at radius 1 is 0.554 bits per heavy atom. The SMILES string of the molecule is C=C(C)c1cccc([C@H](C)NC(=O)c2ccc3c(c2)c(C)c(C)n3Cc2ccc(C3(C(C)OOC)CC3)cc2)c1.CCO.COOC(C)C1(c2ccc(Cn3c(C)c(C)c4cc(C(=O)N[C@@H](C)c5cccc(C(C)C)c5)ccc43)cc2)CC1. The van der Waals surface area contributed by atoms with Crippen LogP contribution in [0.1, 0.15) is 187 Å². The van der Waals surface area contributed by atoms with Crippen molar-refractivity contribution in [3.05, 3.63) is 218 Å². The molecular weight excluding hydrogens is 1030 g/mol. The van der Waals surface area contributed by atoms with E-state index in [1.807, 2.05) is 63.2 Å². The van der Waals surface area contributed by atoms with Gasteiger partial charge in [0.15, 0.2) is 0 Å². The van der Waals surface area contributed by atoms with Crippen LogP contribution in [0.15, 0.2) is 140 Å². The Morgan fingerprint density at radius 3 is 1.31 bits per heavy atom. The Balaban J connectivity index is 0.000000207. The summed E-state index contributed by atoms with van der Waals surface area (Å²) in [5, 5.41) is 16.2. The van der Waals surface area contributed by atoms with Gasteiger partial charge in [0.05, 0.1) is 38.5 Å². The van der Waals surface area contributed by atoms with Crippen LogP contribution in [0, 0.1) is 27.7 Å². The van der Waals surface area contributed by atoms with E-state index in [9.17, 15) is 9.59 Å². The summed E-state index contributed by atoms with van der Waals surface area (Å²) in [7, 11) is 3.14. The lowest BCUT2D eigenvalue weighted by molar-refractivity contribution is -0.307. The summed E-state index contributed by atoms with van der Waals surface area (Å²) in [6, 6.07) is 46.5. The highest BCUT2D eigenvalue weighted by Crippen LogP contribution is 2.53. The van der Waals surface area contributed by atoms with E-state index in [2.05, 4.69) is 173 Å². The summed E-state index contributed by atoms with van der Waals surface area (Å²) < 4.78 is 4.70. The zero-order valence-corrected chi connectivity index (χ0v) is 51.5. The van der Waals surface area contributed by atoms with E-state index in [0.717, 1.165) is 82.8 Å². The quantitative estimate of drug-likeness (QED) is 0.0513. The standard InChI is InChI=1S/C35H42N2O3.C35H40N2O3.C2H6O/c2*1-22(2)28-9-8-10-29(19-28)24(4)36-34(38)30-13-16-33-32(20-30)23(3)25(5)37(33)21-27-11-14-31(15-12-27)35(17-18-35)26(6)40-39-7;1-2-3/h8-16,19-20,22,24,26H,17-18,21H2,1-7H3,(H,36,38);8-16,19-20,24,26H,1,17-18,21H2,2-7H3,(H,36,38);3H,2H2,1H3/t2*24-,26?;/m00./s1. The largest absolute Gasteiger partial charge is 0.397 e. The molecule has 438 valence electrons. The van der Waals surface area contributed by atoms with Crippen molar-refractivity contribution in [1.82, 2.24) is 19.8 Å². The van der Waals surface area contributed by atoms with Gasteiger partial charge in [-0.25, -0.2) is 19.6 Å². The fourth-order valence-electron chi connectivity index (χ4n) is 11.8. The summed E-state index contributed by atoms with van der Waals surface area (Å²) in [6.07, 6.45) is 4.53. The van der Waals surface area contributed by atoms with E-state index >= 15 is 0 Å². The molecule has 6 aromatic carbocycles. The highest BCUT2D eigenvalue weighted by atomic mass is 17.2. The van der Waals surface area contributed by atoms with Gasteiger partial charge < -0.3 is 24.9 Å². The Morgan fingerprint density at radius 2 is 0.940 bits per heavy atom. The molecule has 4 atom stereocenters. The molecule has 83 heavy (non-hydrogen) atoms. The maximum absolute atomic E-state index is 13.3. The van der Waals surface area contributed by atoms with Crippen LogP contribution in [-0.2, 0) is 43.5 Å². The number of carbonyl (C=O) groups excluding carboxylic acids is 2. The van der Waals surface area contributed by atoms with Crippen molar-refractivity contribution in [3.8, 4) is 0 Å². The van der Waals surface area contributed by atoms with Crippen LogP contribution in [0.5, 0.6) is 0 Å². The number of aliphatic hydroxyl groups excluding tert-OH is 1. The van der Waals surface area contributed by atoms with E-state index in [-0.39, 0.29) is 53.5 Å². The van der Waals surface area contributed by atoms with Crippen molar-refractivity contribution in [2.75, 3.05) is 20.8 Å². The first-order valence-electron chi connectivity index (χ1n) is 29.6. The van der Waals surface area contributed by atoms with E-state index in [1.165, 1.54) is 50.3 Å². The second-order valence-corrected chi connectivity index (χ2v) is 23.5. The van der Waals surface area contributed by atoms with Crippen LogP contribution in [0.2, 0.25) is 0 Å². The fraction of sp³-hybridized carbons (Fsp3) is 0.389. The van der Waals surface area contributed by atoms with Gasteiger partial charge in [0.1, 0.15) is 0 Å². The van der Waals surface area contributed by atoms with Gasteiger partial charge in [0.2, 0.25) is 0 Å². The zero-order valence-electron chi connectivity index (χ0n) is 51.5. The molecule has 2 aliphatic rings. The number of hydrogen-bond acceptors (Lipinski definition) is 7. The molecule has 0 aliphatic heterocycles. The third kappa shape index (κ3) is 13.6. The summed E-state index contributed by atoms with van der Waals surface area (Å²) >= 11 is 0. The van der Waals surface area contributed by atoms with Crippen LogP contribution in [0.25, 0.3) is 27.4 Å². The number of aliphatic hydroxyl groups is 1. The maximum Gasteiger partial charge on any atom is 0.251 e. The Hall–Kier alpha value is -7.12. The smallest absolute Gasteiger partial charge is 0.251 e. The van der Waals surface area contributed by atoms with E-state index < -0.39 is 0 Å². The molecule has 0 saturated heterocycles. The molecule has 2 aliphatic carbocycles. The van der Waals surface area contributed by atoms with Crippen molar-refractivity contribution < 1.29 is 34.2 Å². The lowest BCUT2D eigenvalue weighted by atomic mass is 9.90. The predicted molar refractivity (Wildman–Crippen MR) is 337 cm³/mol. The Labute approximate surface area is 492 Å². The van der Waals surface area contributed by atoms with Crippen LogP contribution in [0.3, 0.4) is 0 Å². The number of hydrogen-bond donors (Lipinski definition) is 3. The number of nitrogens with one attached hydrogen (secondary N) is 2. The molecule has 3 N–H and O–H groups in total. The molecule has 10 rings (SSSR count).